The van der Waals surface area contributed by atoms with Gasteiger partial charge in [0, 0.05) is 43.9 Å². The Balaban J connectivity index is 0.000000482. The van der Waals surface area contributed by atoms with E-state index in [1.54, 1.807) is 82.9 Å². The van der Waals surface area contributed by atoms with Gasteiger partial charge in [0.15, 0.2) is 0 Å². The Morgan fingerprint density at radius 2 is 1.16 bits per heavy atom. The Labute approximate surface area is 473 Å². The summed E-state index contributed by atoms with van der Waals surface area (Å²) in [6.45, 7) is 37.6. The molecule has 0 bridgehead atoms. The van der Waals surface area contributed by atoms with Crippen molar-refractivity contribution in [3.8, 4) is 12.3 Å². The highest BCUT2D eigenvalue weighted by atomic mass is 19.1. The summed E-state index contributed by atoms with van der Waals surface area (Å²) in [5.41, 5.74) is -0.410. The van der Waals surface area contributed by atoms with E-state index in [1.807, 2.05) is 96.1 Å². The summed E-state index contributed by atoms with van der Waals surface area (Å²) in [7, 11) is 1.64. The summed E-state index contributed by atoms with van der Waals surface area (Å²) in [5, 5.41) is 10.1. The molecular formula is C58H91FN8O13. The maximum atomic E-state index is 13.3. The van der Waals surface area contributed by atoms with Crippen LogP contribution in [0.4, 0.5) is 14.0 Å². The van der Waals surface area contributed by atoms with Gasteiger partial charge in [-0.3, -0.25) is 24.2 Å². The molecule has 1 aromatic carbocycles. The van der Waals surface area contributed by atoms with Crippen molar-refractivity contribution in [3.63, 3.8) is 0 Å². The van der Waals surface area contributed by atoms with Crippen molar-refractivity contribution in [2.45, 2.75) is 199 Å². The zero-order valence-corrected chi connectivity index (χ0v) is 50.8. The molecule has 22 heteroatoms. The number of carbonyl (C=O) groups excluding carboxylic acids is 4. The number of nitrogens with one attached hydrogen (secondary N) is 1. The number of benzene rings is 1. The molecule has 0 atom stereocenters. The van der Waals surface area contributed by atoms with Crippen molar-refractivity contribution in [1.29, 1.82) is 0 Å². The number of terminal acetylenes is 1. The number of ether oxygens (including phenoxy) is 6. The fraction of sp³-hybridized carbons (Fsp3) is 0.621. The van der Waals surface area contributed by atoms with Crippen LogP contribution in [0.3, 0.4) is 0 Å². The molecule has 0 radical (unpaired) electrons. The molecule has 2 aliphatic heterocycles. The first-order chi connectivity index (χ1) is 37.3. The van der Waals surface area contributed by atoms with Crippen molar-refractivity contribution in [1.82, 2.24) is 39.8 Å². The standard InChI is InChI=1S/C12H13FO.C11H20N2O3.C10H18N2O3.C10H15NO2.C8H13NO2.C7H12N2O2/c1-4-10-5-6-11(12(13)7-10)8-14-9(2)3;1-8(2)16-7-6-13-9(14)11(3,4)12(5)10(13)15;1-7(2)15-6-5-12-8(13)10(3,4)11-9(12)14;1-9(2)13-8-7-11-6-4-3-5-10(11)12;1-6(2)10-5-8-9-4-7(3)11-8;1-5(2)10-4-7-9-8-6(3)11-7/h1,5-7,9H,8H2,2-3H3;8H,6-7H2,1-5H3;7H,5-6H2,1-4H3,(H,11,14);3-6,9H,7-8H2,1-2H3;4,6H,5H2,1-3H3;5H,4H2,1-3H3. The highest BCUT2D eigenvalue weighted by molar-refractivity contribution is 6.07. The first kappa shape index (κ1) is 71.7. The number of hydrogen-bond donors (Lipinski definition) is 1. The van der Waals surface area contributed by atoms with Gasteiger partial charge in [0.05, 0.1) is 82.3 Å². The summed E-state index contributed by atoms with van der Waals surface area (Å²) in [5.74, 6) is 4.31. The quantitative estimate of drug-likeness (QED) is 0.0605. The number of aromatic nitrogens is 4. The molecule has 0 unspecified atom stereocenters. The lowest BCUT2D eigenvalue weighted by Gasteiger charge is -2.22. The summed E-state index contributed by atoms with van der Waals surface area (Å²) >= 11 is 0. The van der Waals surface area contributed by atoms with E-state index in [4.69, 9.17) is 43.7 Å². The molecular weight excluding hydrogens is 1040 g/mol. The van der Waals surface area contributed by atoms with Gasteiger partial charge in [-0.05, 0) is 136 Å². The third-order valence-corrected chi connectivity index (χ3v) is 10.9. The molecule has 2 fully saturated rings. The van der Waals surface area contributed by atoms with Crippen molar-refractivity contribution < 1.29 is 60.8 Å². The van der Waals surface area contributed by atoms with Crippen LogP contribution in [0.25, 0.3) is 0 Å². The topological polar surface area (TPSA) is 232 Å². The summed E-state index contributed by atoms with van der Waals surface area (Å²) in [4.78, 5) is 65.9. The van der Waals surface area contributed by atoms with Crippen LogP contribution < -0.4 is 10.9 Å². The van der Waals surface area contributed by atoms with Gasteiger partial charge in [-0.1, -0.05) is 18.1 Å². The smallest absolute Gasteiger partial charge is 0.327 e. The van der Waals surface area contributed by atoms with Gasteiger partial charge in [0.1, 0.15) is 35.9 Å². The predicted molar refractivity (Wildman–Crippen MR) is 302 cm³/mol. The molecule has 6 rings (SSSR count). The monoisotopic (exact) mass is 1130 g/mol. The van der Waals surface area contributed by atoms with Crippen LogP contribution in [0.2, 0.25) is 0 Å². The van der Waals surface area contributed by atoms with E-state index in [0.29, 0.717) is 81.5 Å². The van der Waals surface area contributed by atoms with Gasteiger partial charge in [0.25, 0.3) is 17.4 Å². The second-order valence-electron chi connectivity index (χ2n) is 21.0. The third kappa shape index (κ3) is 27.7. The molecule has 80 heavy (non-hydrogen) atoms. The number of pyridine rings is 1. The van der Waals surface area contributed by atoms with Crippen LogP contribution in [0.1, 0.15) is 145 Å². The average Bonchev–Trinajstić information content (AvgIpc) is 4.08. The van der Waals surface area contributed by atoms with Gasteiger partial charge in [-0.2, -0.15) is 0 Å². The number of halogens is 1. The molecule has 4 aromatic rings. The first-order valence-corrected chi connectivity index (χ1v) is 26.9. The van der Waals surface area contributed by atoms with E-state index < -0.39 is 11.1 Å². The molecule has 0 saturated carbocycles. The van der Waals surface area contributed by atoms with E-state index in [0.717, 1.165) is 5.76 Å². The minimum absolute atomic E-state index is 0.0230. The number of carbonyl (C=O) groups is 4. The Bertz CT molecular complexity index is 2520. The van der Waals surface area contributed by atoms with Crippen molar-refractivity contribution >= 4 is 23.9 Å². The van der Waals surface area contributed by atoms with Crippen molar-refractivity contribution in [2.75, 3.05) is 40.0 Å². The fourth-order valence-electron chi connectivity index (χ4n) is 6.34. The zero-order valence-electron chi connectivity index (χ0n) is 50.8. The van der Waals surface area contributed by atoms with Crippen LogP contribution in [0.5, 0.6) is 0 Å². The number of imide groups is 2. The first-order valence-electron chi connectivity index (χ1n) is 26.9. The number of urea groups is 2. The molecule has 6 amide bonds. The molecule has 21 nitrogen and oxygen atoms in total. The molecule has 3 aromatic heterocycles. The number of oxazole rings is 1. The summed E-state index contributed by atoms with van der Waals surface area (Å²) in [6.07, 6.45) is 9.57. The van der Waals surface area contributed by atoms with E-state index in [-0.39, 0.29) is 78.5 Å². The Morgan fingerprint density at radius 1 is 0.650 bits per heavy atom. The number of hydrogen-bond acceptors (Lipinski definition) is 16. The number of likely N-dealkylation sites (N-methyl/N-ethyl adjacent to an activating group) is 1. The van der Waals surface area contributed by atoms with E-state index in [2.05, 4.69) is 26.4 Å². The van der Waals surface area contributed by atoms with E-state index in [1.165, 1.54) is 20.8 Å². The highest BCUT2D eigenvalue weighted by Crippen LogP contribution is 2.25. The zero-order chi connectivity index (χ0) is 60.9. The number of nitrogens with zero attached hydrogens (tertiary/aromatic N) is 7. The van der Waals surface area contributed by atoms with Gasteiger partial charge < -0.3 is 52.0 Å². The lowest BCUT2D eigenvalue weighted by molar-refractivity contribution is -0.132. The maximum Gasteiger partial charge on any atom is 0.327 e. The molecule has 0 aliphatic carbocycles. The minimum atomic E-state index is -0.783. The molecule has 448 valence electrons. The second kappa shape index (κ2) is 36.1. The SMILES string of the molecule is C#Cc1ccc(COC(C)C)c(F)c1.CC(C)OCCN1C(=O)N(C)C(C)(C)C1=O.CC(C)OCCN1C(=O)NC(C)(C)C1=O.CC(C)OCCn1ccccc1=O.Cc1cnc(COC(C)C)o1.Cc1nnc(COC(C)C)o1. The normalized spacial score (nSPS) is 14.3. The Hall–Kier alpha value is -6.35. The lowest BCUT2D eigenvalue weighted by Crippen LogP contribution is -2.41. The molecule has 2 aliphatic rings. The van der Waals surface area contributed by atoms with E-state index in [9.17, 15) is 28.4 Å². The van der Waals surface area contributed by atoms with Gasteiger partial charge in [-0.25, -0.2) is 19.0 Å². The summed E-state index contributed by atoms with van der Waals surface area (Å²) in [6, 6.07) is 9.27. The molecule has 5 heterocycles. The van der Waals surface area contributed by atoms with Crippen molar-refractivity contribution in [3.05, 3.63) is 99.5 Å². The van der Waals surface area contributed by atoms with Gasteiger partial charge >= 0.3 is 12.1 Å². The highest BCUT2D eigenvalue weighted by Gasteiger charge is 2.49. The van der Waals surface area contributed by atoms with Crippen LogP contribution in [0, 0.1) is 32.0 Å². The second-order valence-corrected chi connectivity index (χ2v) is 21.0. The number of amides is 6. The largest absolute Gasteiger partial charge is 0.443 e. The maximum absolute atomic E-state index is 13.3. The third-order valence-electron chi connectivity index (χ3n) is 10.9. The number of rotatable bonds is 21. The van der Waals surface area contributed by atoms with Crippen LogP contribution in [0.15, 0.2) is 62.4 Å². The molecule has 1 N–H and O–H groups in total. The molecule has 0 spiro atoms. The summed E-state index contributed by atoms with van der Waals surface area (Å²) < 4.78 is 57.0. The van der Waals surface area contributed by atoms with Crippen LogP contribution in [-0.4, -0.2) is 146 Å². The number of aryl methyl sites for hydroxylation is 2. The van der Waals surface area contributed by atoms with Crippen LogP contribution >= 0.6 is 0 Å². The molecule has 2 saturated heterocycles. The Morgan fingerprint density at radius 3 is 1.57 bits per heavy atom. The van der Waals surface area contributed by atoms with Gasteiger partial charge in [-0.15, -0.1) is 16.6 Å². The van der Waals surface area contributed by atoms with Crippen molar-refractivity contribution in [2.24, 2.45) is 0 Å². The van der Waals surface area contributed by atoms with E-state index >= 15 is 0 Å². The fourth-order valence-corrected chi connectivity index (χ4v) is 6.34. The minimum Gasteiger partial charge on any atom is -0.443 e. The predicted octanol–water partition coefficient (Wildman–Crippen LogP) is 9.04. The van der Waals surface area contributed by atoms with Gasteiger partial charge in [0.2, 0.25) is 17.7 Å². The Kier molecular flexibility index (Phi) is 32.3. The lowest BCUT2D eigenvalue weighted by atomic mass is 10.1. The average molecular weight is 1130 g/mol. The van der Waals surface area contributed by atoms with Crippen LogP contribution in [-0.2, 0) is 64.4 Å².